The number of hydrogen-bond acceptors (Lipinski definition) is 10. The Morgan fingerprint density at radius 2 is 0.760 bits per heavy atom. The van der Waals surface area contributed by atoms with Gasteiger partial charge in [0.1, 0.15) is 0 Å². The molecule has 0 radical (unpaired) electrons. The lowest BCUT2D eigenvalue weighted by Gasteiger charge is -2.06. The van der Waals surface area contributed by atoms with E-state index in [4.69, 9.17) is 0 Å². The third-order valence-corrected chi connectivity index (χ3v) is 9.32. The van der Waals surface area contributed by atoms with Gasteiger partial charge >= 0.3 is 0 Å². The molecule has 0 aromatic carbocycles. The van der Waals surface area contributed by atoms with Gasteiger partial charge in [-0.3, -0.25) is 0 Å². The summed E-state index contributed by atoms with van der Waals surface area (Å²) in [4.78, 5) is 0. The molecule has 25 heavy (non-hydrogen) atoms. The number of unbranched alkanes of at least 4 members (excludes halogenated alkanes) is 2. The Morgan fingerprint density at radius 3 is 1.04 bits per heavy atom. The Balaban J connectivity index is 4.33. The van der Waals surface area contributed by atoms with Crippen LogP contribution in [-0.4, -0.2) is 56.7 Å². The molecule has 0 aliphatic rings. The number of hydrogen-bond donors (Lipinski definition) is 0. The maximum absolute atomic E-state index is 11.5. The predicted octanol–water partition coefficient (Wildman–Crippen LogP) is 0.329. The van der Waals surface area contributed by atoms with Crippen molar-refractivity contribution in [3.05, 3.63) is 0 Å². The minimum absolute atomic E-state index is 0.0405. The molecular weight excluding hydrogens is 420 g/mol. The van der Waals surface area contributed by atoms with Crippen LogP contribution in [0.2, 0.25) is 0 Å². The molecule has 0 rings (SSSR count). The van der Waals surface area contributed by atoms with Crippen molar-refractivity contribution in [2.24, 2.45) is 0 Å². The summed E-state index contributed by atoms with van der Waals surface area (Å²) >= 11 is 0. The molecule has 0 aliphatic carbocycles. The second-order valence-corrected chi connectivity index (χ2v) is 12.4. The van der Waals surface area contributed by atoms with Crippen molar-refractivity contribution in [1.29, 1.82) is 0 Å². The van der Waals surface area contributed by atoms with Crippen LogP contribution < -0.4 is 0 Å². The highest BCUT2D eigenvalue weighted by Gasteiger charge is 2.23. The first-order valence-electron chi connectivity index (χ1n) is 7.57. The number of rotatable bonds is 14. The van der Waals surface area contributed by atoms with Crippen LogP contribution in [0.4, 0.5) is 0 Å². The third-order valence-electron chi connectivity index (χ3n) is 2.61. The van der Waals surface area contributed by atoms with E-state index in [1.165, 1.54) is 0 Å². The molecule has 0 aromatic heterocycles. The first-order valence-corrected chi connectivity index (χ1v) is 13.9. The summed E-state index contributed by atoms with van der Waals surface area (Å²) in [7, 11) is -16.9. The summed E-state index contributed by atoms with van der Waals surface area (Å²) in [5.41, 5.74) is 0. The van der Waals surface area contributed by atoms with E-state index in [0.717, 1.165) is 0 Å². The Labute approximate surface area is 150 Å². The Morgan fingerprint density at radius 1 is 0.480 bits per heavy atom. The zero-order chi connectivity index (χ0) is 19.8. The maximum Gasteiger partial charge on any atom is 0.281 e. The lowest BCUT2D eigenvalue weighted by molar-refractivity contribution is 0.458. The predicted molar refractivity (Wildman–Crippen MR) is 91.8 cm³/mol. The fourth-order valence-corrected chi connectivity index (χ4v) is 7.42. The molecule has 0 atom stereocenters. The van der Waals surface area contributed by atoms with Crippen LogP contribution in [0.1, 0.15) is 46.0 Å². The molecule has 0 saturated heterocycles. The molecular formula is C11H24O10S4. The zero-order valence-corrected chi connectivity index (χ0v) is 17.3. The Bertz CT molecular complexity index is 736. The standard InChI is InChI=1S/C11H24O10S4/c1-3-8-22(12,13)20-24(16,17)10-6-5-7-11-25(18,19)21-23(14,15)9-4-2/h3-11H2,1-2H3. The van der Waals surface area contributed by atoms with Crippen LogP contribution in [-0.2, 0) is 47.7 Å². The normalized spacial score (nSPS) is 13.8. The molecule has 0 heterocycles. The summed E-state index contributed by atoms with van der Waals surface area (Å²) in [6, 6.07) is 0. The first kappa shape index (κ1) is 24.7. The Hall–Kier alpha value is -0.280. The topological polar surface area (TPSA) is 155 Å². The SMILES string of the molecule is CCCS(=O)(=O)OS(=O)(=O)CCCCCS(=O)(=O)OS(=O)(=O)CCC. The molecule has 0 bridgehead atoms. The molecule has 0 spiro atoms. The molecule has 0 N–H and O–H groups in total. The van der Waals surface area contributed by atoms with Crippen molar-refractivity contribution in [3.8, 4) is 0 Å². The largest absolute Gasteiger partial charge is 0.281 e. The summed E-state index contributed by atoms with van der Waals surface area (Å²) in [6.45, 7) is 3.10. The quantitative estimate of drug-likeness (QED) is 0.342. The highest BCUT2D eigenvalue weighted by molar-refractivity contribution is 8.00. The van der Waals surface area contributed by atoms with Crippen LogP contribution in [0.15, 0.2) is 0 Å². The first-order chi connectivity index (χ1) is 11.2. The lowest BCUT2D eigenvalue weighted by Crippen LogP contribution is -2.20. The van der Waals surface area contributed by atoms with Gasteiger partial charge in [-0.05, 0) is 25.7 Å². The van der Waals surface area contributed by atoms with Gasteiger partial charge in [-0.25, -0.2) is 0 Å². The molecule has 0 fully saturated rings. The van der Waals surface area contributed by atoms with Crippen LogP contribution in [0, 0.1) is 0 Å². The fourth-order valence-electron chi connectivity index (χ4n) is 1.69. The van der Waals surface area contributed by atoms with E-state index in [1.54, 1.807) is 13.8 Å². The molecule has 0 amide bonds. The van der Waals surface area contributed by atoms with Crippen LogP contribution in [0.5, 0.6) is 0 Å². The third kappa shape index (κ3) is 12.7. The van der Waals surface area contributed by atoms with Gasteiger partial charge in [0.15, 0.2) is 0 Å². The van der Waals surface area contributed by atoms with E-state index < -0.39 is 63.5 Å². The summed E-state index contributed by atoms with van der Waals surface area (Å²) in [5, 5.41) is 0. The van der Waals surface area contributed by atoms with Crippen LogP contribution >= 0.6 is 0 Å². The van der Waals surface area contributed by atoms with Gasteiger partial charge in [-0.1, -0.05) is 20.3 Å². The molecule has 10 nitrogen and oxygen atoms in total. The van der Waals surface area contributed by atoms with E-state index >= 15 is 0 Å². The van der Waals surface area contributed by atoms with Gasteiger partial charge < -0.3 is 0 Å². The van der Waals surface area contributed by atoms with Gasteiger partial charge in [-0.2, -0.15) is 33.7 Å². The van der Waals surface area contributed by atoms with Gasteiger partial charge in [0.25, 0.3) is 40.5 Å². The van der Waals surface area contributed by atoms with Crippen molar-refractivity contribution in [2.75, 3.05) is 23.0 Å². The van der Waals surface area contributed by atoms with Crippen molar-refractivity contribution >= 4 is 40.5 Å². The average Bonchev–Trinajstić information content (AvgIpc) is 2.34. The molecule has 0 unspecified atom stereocenters. The van der Waals surface area contributed by atoms with Gasteiger partial charge in [0.05, 0.1) is 23.0 Å². The minimum atomic E-state index is -4.28. The highest BCUT2D eigenvalue weighted by atomic mass is 32.3. The van der Waals surface area contributed by atoms with Crippen LogP contribution in [0.3, 0.4) is 0 Å². The Kier molecular flexibility index (Phi) is 10.0. The molecule has 0 saturated carbocycles. The molecule has 0 aliphatic heterocycles. The lowest BCUT2D eigenvalue weighted by atomic mass is 10.3. The van der Waals surface area contributed by atoms with E-state index in [2.05, 4.69) is 7.26 Å². The summed E-state index contributed by atoms with van der Waals surface area (Å²) in [5.74, 6) is -2.03. The van der Waals surface area contributed by atoms with Crippen molar-refractivity contribution in [3.63, 3.8) is 0 Å². The van der Waals surface area contributed by atoms with Gasteiger partial charge in [0, 0.05) is 0 Å². The van der Waals surface area contributed by atoms with Crippen molar-refractivity contribution < 1.29 is 40.9 Å². The van der Waals surface area contributed by atoms with E-state index in [0.29, 0.717) is 0 Å². The second kappa shape index (κ2) is 10.2. The molecule has 0 aromatic rings. The monoisotopic (exact) mass is 444 g/mol. The van der Waals surface area contributed by atoms with Gasteiger partial charge in [0.2, 0.25) is 0 Å². The fraction of sp³-hybridized carbons (Fsp3) is 1.00. The highest BCUT2D eigenvalue weighted by Crippen LogP contribution is 2.10. The molecule has 152 valence electrons. The minimum Gasteiger partial charge on any atom is -0.198 e. The summed E-state index contributed by atoms with van der Waals surface area (Å²) < 4.78 is 99.5. The maximum atomic E-state index is 11.5. The second-order valence-electron chi connectivity index (χ2n) is 5.24. The van der Waals surface area contributed by atoms with E-state index in [-0.39, 0.29) is 32.1 Å². The zero-order valence-electron chi connectivity index (χ0n) is 14.1. The summed E-state index contributed by atoms with van der Waals surface area (Å²) in [6.07, 6.45) is 0.433. The van der Waals surface area contributed by atoms with Crippen molar-refractivity contribution in [2.45, 2.75) is 46.0 Å². The smallest absolute Gasteiger partial charge is 0.198 e. The average molecular weight is 445 g/mol. The molecule has 14 heteroatoms. The van der Waals surface area contributed by atoms with Gasteiger partial charge in [-0.15, -0.1) is 7.26 Å². The van der Waals surface area contributed by atoms with E-state index in [1.807, 2.05) is 0 Å². The van der Waals surface area contributed by atoms with E-state index in [9.17, 15) is 33.7 Å². The van der Waals surface area contributed by atoms with Crippen LogP contribution in [0.25, 0.3) is 0 Å². The van der Waals surface area contributed by atoms with Crippen molar-refractivity contribution in [1.82, 2.24) is 0 Å².